The summed E-state index contributed by atoms with van der Waals surface area (Å²) in [6, 6.07) is 0. The standard InChI is InChI=1S/C18H36O4/c1-2-3-4-5-8-11-16(19)14-15-17(20)12-9-6-7-10-13-18(21)22/h16-17,19-20H,2-15H2,1H3,(H,21,22)/t16-,17-/m0/s1. The SMILES string of the molecule is CCCCCCC[C@H](O)CC[C@@H](O)CCCCCCC(=O)O. The lowest BCUT2D eigenvalue weighted by Gasteiger charge is -2.14. The molecule has 0 heterocycles. The van der Waals surface area contributed by atoms with Crippen LogP contribution in [0, 0.1) is 0 Å². The Balaban J connectivity index is 3.36. The second-order valence-electron chi connectivity index (χ2n) is 6.43. The van der Waals surface area contributed by atoms with Gasteiger partial charge in [0.15, 0.2) is 0 Å². The first-order chi connectivity index (χ1) is 10.6. The van der Waals surface area contributed by atoms with Crippen molar-refractivity contribution in [2.45, 2.75) is 109 Å². The topological polar surface area (TPSA) is 77.8 Å². The highest BCUT2D eigenvalue weighted by Gasteiger charge is 2.09. The van der Waals surface area contributed by atoms with Crippen LogP contribution in [-0.4, -0.2) is 33.5 Å². The highest BCUT2D eigenvalue weighted by Crippen LogP contribution is 2.14. The van der Waals surface area contributed by atoms with Crippen molar-refractivity contribution in [3.8, 4) is 0 Å². The molecule has 22 heavy (non-hydrogen) atoms. The van der Waals surface area contributed by atoms with Gasteiger partial charge in [0.1, 0.15) is 0 Å². The van der Waals surface area contributed by atoms with E-state index in [9.17, 15) is 15.0 Å². The van der Waals surface area contributed by atoms with Gasteiger partial charge in [-0.15, -0.1) is 0 Å². The van der Waals surface area contributed by atoms with E-state index >= 15 is 0 Å². The molecule has 0 bridgehead atoms. The summed E-state index contributed by atoms with van der Waals surface area (Å²) in [5, 5.41) is 28.3. The molecule has 0 fully saturated rings. The van der Waals surface area contributed by atoms with Gasteiger partial charge in [-0.3, -0.25) is 4.79 Å². The van der Waals surface area contributed by atoms with E-state index in [1.165, 1.54) is 25.7 Å². The third-order valence-corrected chi connectivity index (χ3v) is 4.15. The number of rotatable bonds is 16. The summed E-state index contributed by atoms with van der Waals surface area (Å²) < 4.78 is 0. The van der Waals surface area contributed by atoms with E-state index in [1.54, 1.807) is 0 Å². The van der Waals surface area contributed by atoms with Crippen LogP contribution < -0.4 is 0 Å². The summed E-state index contributed by atoms with van der Waals surface area (Å²) in [6.07, 6.45) is 12.2. The van der Waals surface area contributed by atoms with Crippen LogP contribution in [-0.2, 0) is 4.79 Å². The van der Waals surface area contributed by atoms with Crippen LogP contribution in [0.3, 0.4) is 0 Å². The van der Waals surface area contributed by atoms with Crippen molar-refractivity contribution >= 4 is 5.97 Å². The molecule has 0 radical (unpaired) electrons. The predicted molar refractivity (Wildman–Crippen MR) is 90.0 cm³/mol. The van der Waals surface area contributed by atoms with Crippen LogP contribution in [0.4, 0.5) is 0 Å². The molecule has 0 unspecified atom stereocenters. The zero-order valence-corrected chi connectivity index (χ0v) is 14.3. The molecule has 0 rings (SSSR count). The van der Waals surface area contributed by atoms with Gasteiger partial charge in [0, 0.05) is 6.42 Å². The maximum absolute atomic E-state index is 10.4. The molecule has 0 aliphatic heterocycles. The van der Waals surface area contributed by atoms with E-state index in [4.69, 9.17) is 5.11 Å². The highest BCUT2D eigenvalue weighted by molar-refractivity contribution is 5.66. The first-order valence-corrected chi connectivity index (χ1v) is 9.14. The minimum absolute atomic E-state index is 0.243. The molecular weight excluding hydrogens is 280 g/mol. The fourth-order valence-electron chi connectivity index (χ4n) is 2.67. The van der Waals surface area contributed by atoms with E-state index in [-0.39, 0.29) is 18.6 Å². The molecule has 0 saturated heterocycles. The molecule has 0 saturated carbocycles. The number of unbranched alkanes of at least 4 members (excludes halogenated alkanes) is 7. The maximum atomic E-state index is 10.4. The predicted octanol–water partition coefficient (Wildman–Crippen LogP) is 4.27. The number of aliphatic hydroxyl groups is 2. The first kappa shape index (κ1) is 21.4. The molecule has 0 aromatic heterocycles. The Morgan fingerprint density at radius 2 is 1.18 bits per heavy atom. The van der Waals surface area contributed by atoms with Crippen molar-refractivity contribution in [2.75, 3.05) is 0 Å². The zero-order valence-electron chi connectivity index (χ0n) is 14.3. The lowest BCUT2D eigenvalue weighted by molar-refractivity contribution is -0.137. The van der Waals surface area contributed by atoms with Gasteiger partial charge in [0.25, 0.3) is 0 Å². The van der Waals surface area contributed by atoms with E-state index in [1.807, 2.05) is 0 Å². The molecule has 4 heteroatoms. The number of aliphatic carboxylic acids is 1. The van der Waals surface area contributed by atoms with Gasteiger partial charge in [-0.05, 0) is 32.1 Å². The van der Waals surface area contributed by atoms with Crippen molar-refractivity contribution in [3.05, 3.63) is 0 Å². The van der Waals surface area contributed by atoms with Gasteiger partial charge in [-0.25, -0.2) is 0 Å². The second kappa shape index (κ2) is 15.3. The van der Waals surface area contributed by atoms with Gasteiger partial charge in [-0.2, -0.15) is 0 Å². The summed E-state index contributed by atoms with van der Waals surface area (Å²) >= 11 is 0. The Labute approximate surface area is 135 Å². The van der Waals surface area contributed by atoms with E-state index in [0.29, 0.717) is 12.8 Å². The number of hydrogen-bond donors (Lipinski definition) is 3. The average Bonchev–Trinajstić information content (AvgIpc) is 2.48. The van der Waals surface area contributed by atoms with Gasteiger partial charge in [-0.1, -0.05) is 58.3 Å². The monoisotopic (exact) mass is 316 g/mol. The van der Waals surface area contributed by atoms with Gasteiger partial charge >= 0.3 is 5.97 Å². The normalized spacial score (nSPS) is 14.0. The van der Waals surface area contributed by atoms with Crippen molar-refractivity contribution < 1.29 is 20.1 Å². The summed E-state index contributed by atoms with van der Waals surface area (Å²) in [7, 11) is 0. The summed E-state index contributed by atoms with van der Waals surface area (Å²) in [5.74, 6) is -0.733. The average molecular weight is 316 g/mol. The zero-order chi connectivity index (χ0) is 16.6. The highest BCUT2D eigenvalue weighted by atomic mass is 16.4. The van der Waals surface area contributed by atoms with E-state index < -0.39 is 5.97 Å². The van der Waals surface area contributed by atoms with Gasteiger partial charge in [0.2, 0.25) is 0 Å². The van der Waals surface area contributed by atoms with Crippen molar-refractivity contribution in [1.29, 1.82) is 0 Å². The Bertz CT molecular complexity index is 255. The van der Waals surface area contributed by atoms with Crippen LogP contribution in [0.15, 0.2) is 0 Å². The maximum Gasteiger partial charge on any atom is 0.303 e. The molecule has 0 aromatic rings. The molecule has 2 atom stereocenters. The van der Waals surface area contributed by atoms with Gasteiger partial charge in [0.05, 0.1) is 12.2 Å². The lowest BCUT2D eigenvalue weighted by Crippen LogP contribution is -2.13. The Morgan fingerprint density at radius 1 is 0.727 bits per heavy atom. The number of aliphatic hydroxyl groups excluding tert-OH is 2. The smallest absolute Gasteiger partial charge is 0.303 e. The van der Waals surface area contributed by atoms with Crippen LogP contribution >= 0.6 is 0 Å². The third kappa shape index (κ3) is 15.8. The lowest BCUT2D eigenvalue weighted by atomic mass is 10.0. The van der Waals surface area contributed by atoms with Gasteiger partial charge < -0.3 is 15.3 Å². The number of carboxylic acid groups (broad SMARTS) is 1. The third-order valence-electron chi connectivity index (χ3n) is 4.15. The van der Waals surface area contributed by atoms with E-state index in [0.717, 1.165) is 44.9 Å². The molecule has 4 nitrogen and oxygen atoms in total. The molecule has 0 aliphatic carbocycles. The minimum atomic E-state index is -0.733. The second-order valence-corrected chi connectivity index (χ2v) is 6.43. The van der Waals surface area contributed by atoms with Crippen LogP contribution in [0.5, 0.6) is 0 Å². The molecule has 0 spiro atoms. The summed E-state index contributed by atoms with van der Waals surface area (Å²) in [5.41, 5.74) is 0. The fraction of sp³-hybridized carbons (Fsp3) is 0.944. The van der Waals surface area contributed by atoms with Crippen LogP contribution in [0.2, 0.25) is 0 Å². The van der Waals surface area contributed by atoms with E-state index in [2.05, 4.69) is 6.92 Å². The van der Waals surface area contributed by atoms with Crippen molar-refractivity contribution in [2.24, 2.45) is 0 Å². The number of carbonyl (C=O) groups is 1. The molecule has 0 aliphatic rings. The molecule has 132 valence electrons. The molecule has 0 amide bonds. The quantitative estimate of drug-likeness (QED) is 0.371. The molecule has 3 N–H and O–H groups in total. The summed E-state index contributed by atoms with van der Waals surface area (Å²) in [6.45, 7) is 2.20. The minimum Gasteiger partial charge on any atom is -0.481 e. The van der Waals surface area contributed by atoms with Crippen molar-refractivity contribution in [3.63, 3.8) is 0 Å². The Morgan fingerprint density at radius 3 is 1.64 bits per heavy atom. The summed E-state index contributed by atoms with van der Waals surface area (Å²) in [4.78, 5) is 10.4. The first-order valence-electron chi connectivity index (χ1n) is 9.14. The van der Waals surface area contributed by atoms with Crippen molar-refractivity contribution in [1.82, 2.24) is 0 Å². The number of hydrogen-bond acceptors (Lipinski definition) is 3. The molecule has 0 aromatic carbocycles. The number of carboxylic acids is 1. The largest absolute Gasteiger partial charge is 0.481 e. The Hall–Kier alpha value is -0.610. The fourth-order valence-corrected chi connectivity index (χ4v) is 2.67. The van der Waals surface area contributed by atoms with Crippen LogP contribution in [0.25, 0.3) is 0 Å². The van der Waals surface area contributed by atoms with Crippen LogP contribution in [0.1, 0.15) is 96.8 Å². The Kier molecular flexibility index (Phi) is 14.9. The molecular formula is C18H36O4.